The Morgan fingerprint density at radius 1 is 0.676 bits per heavy atom. The number of unbranched alkanes of at least 4 members (excludes halogenated alkanes) is 2. The molecule has 3 aromatic carbocycles. The Morgan fingerprint density at radius 2 is 1.24 bits per heavy atom. The Kier molecular flexibility index (Phi) is 8.21. The molecule has 3 aromatic rings. The van der Waals surface area contributed by atoms with Crippen LogP contribution < -0.4 is 0 Å². The maximum Gasteiger partial charge on any atom is 0.116 e. The molecular weight excluding hydrogens is 460 g/mol. The molecule has 0 spiro atoms. The zero-order valence-electron chi connectivity index (χ0n) is 22.5. The molecule has 0 amide bonds. The van der Waals surface area contributed by atoms with Gasteiger partial charge in [-0.2, -0.15) is 0 Å². The van der Waals surface area contributed by atoms with Gasteiger partial charge in [-0.25, -0.2) is 0 Å². The van der Waals surface area contributed by atoms with Crippen LogP contribution in [0.4, 0.5) is 0 Å². The van der Waals surface area contributed by atoms with Crippen molar-refractivity contribution in [3.8, 4) is 0 Å². The molecule has 0 radical (unpaired) electrons. The zero-order valence-corrected chi connectivity index (χ0v) is 23.5. The monoisotopic (exact) mass is 500 g/mol. The normalized spacial score (nSPS) is 20.5. The predicted octanol–water partition coefficient (Wildman–Crippen LogP) is 10.3. The van der Waals surface area contributed by atoms with E-state index in [1.54, 1.807) is 21.5 Å². The van der Waals surface area contributed by atoms with E-state index in [-0.39, 0.29) is 0 Å². The van der Waals surface area contributed by atoms with Gasteiger partial charge in [-0.05, 0) is 51.5 Å². The van der Waals surface area contributed by atoms with Gasteiger partial charge in [0.1, 0.15) is 8.07 Å². The van der Waals surface area contributed by atoms with Crippen LogP contribution >= 0.6 is 0 Å². The van der Waals surface area contributed by atoms with Crippen molar-refractivity contribution in [1.82, 2.24) is 0 Å². The van der Waals surface area contributed by atoms with Gasteiger partial charge in [-0.1, -0.05) is 160 Å². The molecule has 2 aliphatic rings. The van der Waals surface area contributed by atoms with Gasteiger partial charge in [0.15, 0.2) is 0 Å². The maximum absolute atomic E-state index is 2.45. The van der Waals surface area contributed by atoms with Gasteiger partial charge in [0.05, 0.1) is 0 Å². The van der Waals surface area contributed by atoms with E-state index >= 15 is 0 Å². The first kappa shape index (κ1) is 25.5. The molecular formula is C36H40Si. The second-order valence-corrected chi connectivity index (χ2v) is 14.8. The summed E-state index contributed by atoms with van der Waals surface area (Å²) < 4.78 is 0. The Hall–Kier alpha value is -3.16. The van der Waals surface area contributed by atoms with Gasteiger partial charge in [-0.3, -0.25) is 0 Å². The Morgan fingerprint density at radius 3 is 1.78 bits per heavy atom. The molecule has 1 heteroatoms. The van der Waals surface area contributed by atoms with Gasteiger partial charge in [0.25, 0.3) is 0 Å². The summed E-state index contributed by atoms with van der Waals surface area (Å²) in [5.74, 6) is 0.310. The molecule has 188 valence electrons. The summed E-state index contributed by atoms with van der Waals surface area (Å²) >= 11 is 0. The molecule has 0 saturated carbocycles. The first-order valence-electron chi connectivity index (χ1n) is 14.3. The maximum atomic E-state index is 2.45. The highest BCUT2D eigenvalue weighted by Crippen LogP contribution is 2.60. The summed E-state index contributed by atoms with van der Waals surface area (Å²) in [5, 5.41) is 3.50. The van der Waals surface area contributed by atoms with E-state index < -0.39 is 8.07 Å². The minimum Gasteiger partial charge on any atom is -0.0802 e. The van der Waals surface area contributed by atoms with E-state index in [1.165, 1.54) is 54.5 Å². The fourth-order valence-corrected chi connectivity index (χ4v) is 13.4. The van der Waals surface area contributed by atoms with Gasteiger partial charge in [0.2, 0.25) is 0 Å². The molecule has 1 unspecified atom stereocenters. The van der Waals surface area contributed by atoms with E-state index in [1.807, 2.05) is 0 Å². The lowest BCUT2D eigenvalue weighted by Gasteiger charge is -2.36. The van der Waals surface area contributed by atoms with Crippen molar-refractivity contribution in [3.05, 3.63) is 143 Å². The minimum absolute atomic E-state index is 0.310. The largest absolute Gasteiger partial charge is 0.116 e. The summed E-state index contributed by atoms with van der Waals surface area (Å²) in [5.41, 5.74) is 7.44. The van der Waals surface area contributed by atoms with E-state index in [4.69, 9.17) is 0 Å². The number of hydrogen-bond donors (Lipinski definition) is 0. The SMILES string of the molecule is CCCC[Si]1(CCCC)C(c2ccccc2)=C(c2ccccc2)C(c2ccccc2)/C1=C1\C=CC=CC1. The smallest absolute Gasteiger partial charge is 0.0802 e. The zero-order chi connectivity index (χ0) is 25.5. The third kappa shape index (κ3) is 5.02. The van der Waals surface area contributed by atoms with E-state index in [0.29, 0.717) is 5.92 Å². The second-order valence-electron chi connectivity index (χ2n) is 10.6. The van der Waals surface area contributed by atoms with Gasteiger partial charge in [-0.15, -0.1) is 0 Å². The molecule has 5 rings (SSSR count). The highest BCUT2D eigenvalue weighted by atomic mass is 28.3. The second kappa shape index (κ2) is 11.9. The van der Waals surface area contributed by atoms with Gasteiger partial charge in [0, 0.05) is 5.92 Å². The summed E-state index contributed by atoms with van der Waals surface area (Å²) in [6, 6.07) is 36.8. The number of benzene rings is 3. The lowest BCUT2D eigenvalue weighted by Crippen LogP contribution is -2.38. The lowest BCUT2D eigenvalue weighted by atomic mass is 9.83. The standard InChI is InChI=1S/C36H40Si/c1-3-5-27-37(28-6-4-2)35(31-23-15-9-16-24-31)33(29-19-11-7-12-20-29)34(30-21-13-8-14-22-30)36(37)32-25-17-10-18-26-32/h7-25,34H,3-6,26-28H2,1-2H3/b36-32-. The van der Waals surface area contributed by atoms with Gasteiger partial charge >= 0.3 is 0 Å². The third-order valence-corrected chi connectivity index (χ3v) is 13.8. The van der Waals surface area contributed by atoms with Crippen molar-refractivity contribution in [2.45, 2.75) is 64.0 Å². The number of allylic oxidation sites excluding steroid dienone is 7. The number of rotatable bonds is 9. The quantitative estimate of drug-likeness (QED) is 0.256. The molecule has 0 aromatic heterocycles. The topological polar surface area (TPSA) is 0 Å². The highest BCUT2D eigenvalue weighted by molar-refractivity contribution is 7.05. The molecule has 0 saturated heterocycles. The van der Waals surface area contributed by atoms with Crippen LogP contribution in [-0.2, 0) is 0 Å². The molecule has 0 nitrogen and oxygen atoms in total. The van der Waals surface area contributed by atoms with Crippen LogP contribution in [-0.4, -0.2) is 8.07 Å². The van der Waals surface area contributed by atoms with E-state index in [2.05, 4.69) is 129 Å². The van der Waals surface area contributed by atoms with Crippen LogP contribution in [0.25, 0.3) is 10.8 Å². The summed E-state index contributed by atoms with van der Waals surface area (Å²) in [7, 11) is -2.08. The van der Waals surface area contributed by atoms with Crippen molar-refractivity contribution >= 4 is 18.8 Å². The Bertz CT molecular complexity index is 1280. The average Bonchev–Trinajstić information content (AvgIpc) is 3.28. The molecule has 0 fully saturated rings. The fraction of sp³-hybridized carbons (Fsp3) is 0.278. The summed E-state index contributed by atoms with van der Waals surface area (Å²) in [4.78, 5) is 0. The van der Waals surface area contributed by atoms with Crippen LogP contribution in [0.3, 0.4) is 0 Å². The highest BCUT2D eigenvalue weighted by Gasteiger charge is 2.52. The molecule has 1 aliphatic carbocycles. The van der Waals surface area contributed by atoms with Crippen molar-refractivity contribution in [2.24, 2.45) is 0 Å². The molecule has 1 heterocycles. The van der Waals surface area contributed by atoms with Crippen LogP contribution in [0.5, 0.6) is 0 Å². The van der Waals surface area contributed by atoms with Crippen molar-refractivity contribution in [2.75, 3.05) is 0 Å². The van der Waals surface area contributed by atoms with Crippen LogP contribution in [0, 0.1) is 0 Å². The van der Waals surface area contributed by atoms with Crippen LogP contribution in [0.15, 0.2) is 126 Å². The Balaban J connectivity index is 1.92. The van der Waals surface area contributed by atoms with E-state index in [0.717, 1.165) is 6.42 Å². The molecule has 1 atom stereocenters. The predicted molar refractivity (Wildman–Crippen MR) is 164 cm³/mol. The minimum atomic E-state index is -2.08. The third-order valence-electron chi connectivity index (χ3n) is 8.26. The summed E-state index contributed by atoms with van der Waals surface area (Å²) in [6.07, 6.45) is 15.4. The molecule has 0 bridgehead atoms. The molecule has 0 N–H and O–H groups in total. The summed E-state index contributed by atoms with van der Waals surface area (Å²) in [6.45, 7) is 4.73. The lowest BCUT2D eigenvalue weighted by molar-refractivity contribution is 0.832. The first-order valence-corrected chi connectivity index (χ1v) is 16.7. The van der Waals surface area contributed by atoms with Crippen molar-refractivity contribution < 1.29 is 0 Å². The van der Waals surface area contributed by atoms with Crippen LogP contribution in [0.1, 0.15) is 68.6 Å². The van der Waals surface area contributed by atoms with Crippen molar-refractivity contribution in [1.29, 1.82) is 0 Å². The van der Waals surface area contributed by atoms with Crippen molar-refractivity contribution in [3.63, 3.8) is 0 Å². The first-order chi connectivity index (χ1) is 18.3. The Labute approximate surface area is 225 Å². The van der Waals surface area contributed by atoms with Crippen LogP contribution in [0.2, 0.25) is 12.1 Å². The number of hydrogen-bond acceptors (Lipinski definition) is 0. The van der Waals surface area contributed by atoms with Gasteiger partial charge < -0.3 is 0 Å². The fourth-order valence-electron chi connectivity index (χ4n) is 6.71. The van der Waals surface area contributed by atoms with E-state index in [9.17, 15) is 0 Å². The molecule has 37 heavy (non-hydrogen) atoms. The average molecular weight is 501 g/mol. The molecule has 1 aliphatic heterocycles.